The number of esters is 1. The number of sulfonamides is 1. The Labute approximate surface area is 167 Å². The average molecular weight is 426 g/mol. The van der Waals surface area contributed by atoms with Crippen LogP contribution in [0.5, 0.6) is 0 Å². The monoisotopic (exact) mass is 426 g/mol. The van der Waals surface area contributed by atoms with E-state index < -0.39 is 57.8 Å². The predicted molar refractivity (Wildman–Crippen MR) is 101 cm³/mol. The molecule has 1 amide bonds. The van der Waals surface area contributed by atoms with Crippen molar-refractivity contribution in [3.8, 4) is 0 Å². The highest BCUT2D eigenvalue weighted by atomic mass is 32.2. The predicted octanol–water partition coefficient (Wildman–Crippen LogP) is 2.45. The van der Waals surface area contributed by atoms with E-state index in [0.29, 0.717) is 0 Å². The molecular weight excluding hydrogens is 406 g/mol. The molecule has 2 aromatic carbocycles. The fourth-order valence-electron chi connectivity index (χ4n) is 2.30. The maximum Gasteiger partial charge on any atom is 0.324 e. The summed E-state index contributed by atoms with van der Waals surface area (Å²) in [4.78, 5) is 24.1. The van der Waals surface area contributed by atoms with Gasteiger partial charge < -0.3 is 10.1 Å². The van der Waals surface area contributed by atoms with Gasteiger partial charge in [-0.25, -0.2) is 17.2 Å². The third-order valence-electron chi connectivity index (χ3n) is 3.80. The fourth-order valence-corrected chi connectivity index (χ4v) is 3.65. The van der Waals surface area contributed by atoms with Crippen molar-refractivity contribution in [2.45, 2.75) is 24.8 Å². The lowest BCUT2D eigenvalue weighted by Gasteiger charge is -2.20. The molecule has 0 saturated heterocycles. The number of halogens is 2. The van der Waals surface area contributed by atoms with E-state index in [-0.39, 0.29) is 4.90 Å². The molecule has 7 nitrogen and oxygen atoms in total. The Morgan fingerprint density at radius 3 is 2.34 bits per heavy atom. The zero-order chi connectivity index (χ0) is 21.6. The number of ether oxygens (including phenoxy) is 1. The van der Waals surface area contributed by atoms with E-state index in [1.807, 2.05) is 0 Å². The number of rotatable bonds is 8. The summed E-state index contributed by atoms with van der Waals surface area (Å²) in [5, 5.41) is 2.08. The highest BCUT2D eigenvalue weighted by Crippen LogP contribution is 2.15. The maximum absolute atomic E-state index is 13.5. The molecule has 2 aromatic rings. The van der Waals surface area contributed by atoms with Crippen molar-refractivity contribution in [3.63, 3.8) is 0 Å². The molecule has 1 atom stereocenters. The molecule has 0 aliphatic carbocycles. The number of amides is 1. The Morgan fingerprint density at radius 1 is 1.07 bits per heavy atom. The first-order chi connectivity index (χ1) is 13.6. The van der Waals surface area contributed by atoms with Crippen molar-refractivity contribution in [2.75, 3.05) is 11.9 Å². The van der Waals surface area contributed by atoms with Crippen LogP contribution in [0.1, 0.15) is 13.8 Å². The van der Waals surface area contributed by atoms with E-state index in [9.17, 15) is 26.8 Å². The van der Waals surface area contributed by atoms with Crippen LogP contribution in [0.4, 0.5) is 14.5 Å². The van der Waals surface area contributed by atoms with Gasteiger partial charge in [-0.3, -0.25) is 9.59 Å². The minimum atomic E-state index is -3.99. The molecule has 0 bridgehead atoms. The van der Waals surface area contributed by atoms with Gasteiger partial charge in [0.05, 0.1) is 10.6 Å². The molecule has 0 aromatic heterocycles. The van der Waals surface area contributed by atoms with Gasteiger partial charge in [-0.2, -0.15) is 4.72 Å². The lowest BCUT2D eigenvalue weighted by molar-refractivity contribution is -0.150. The summed E-state index contributed by atoms with van der Waals surface area (Å²) in [6, 6.07) is 8.70. The first-order valence-electron chi connectivity index (χ1n) is 8.59. The Kier molecular flexibility index (Phi) is 7.40. The van der Waals surface area contributed by atoms with Gasteiger partial charge in [0.25, 0.3) is 5.91 Å². The number of hydrogen-bond acceptors (Lipinski definition) is 5. The van der Waals surface area contributed by atoms with Gasteiger partial charge in [0.1, 0.15) is 17.7 Å². The SMILES string of the molecule is CC(C)[C@@H](NS(=O)(=O)c1ccccc1)C(=O)OCC(=O)Nc1cc(F)ccc1F. The van der Waals surface area contributed by atoms with Gasteiger partial charge in [0.15, 0.2) is 6.61 Å². The quantitative estimate of drug-likeness (QED) is 0.632. The summed E-state index contributed by atoms with van der Waals surface area (Å²) in [6.07, 6.45) is 0. The van der Waals surface area contributed by atoms with Crippen LogP contribution in [-0.2, 0) is 24.3 Å². The Bertz CT molecular complexity index is 981. The van der Waals surface area contributed by atoms with Gasteiger partial charge in [-0.15, -0.1) is 0 Å². The molecule has 0 aliphatic heterocycles. The summed E-state index contributed by atoms with van der Waals surface area (Å²) >= 11 is 0. The summed E-state index contributed by atoms with van der Waals surface area (Å²) in [5.41, 5.74) is -0.406. The van der Waals surface area contributed by atoms with Crippen LogP contribution in [0.3, 0.4) is 0 Å². The fraction of sp³-hybridized carbons (Fsp3) is 0.263. The smallest absolute Gasteiger partial charge is 0.324 e. The Balaban J connectivity index is 2.01. The van der Waals surface area contributed by atoms with E-state index >= 15 is 0 Å². The van der Waals surface area contributed by atoms with Crippen LogP contribution in [0.2, 0.25) is 0 Å². The molecule has 2 N–H and O–H groups in total. The maximum atomic E-state index is 13.5. The highest BCUT2D eigenvalue weighted by Gasteiger charge is 2.30. The topological polar surface area (TPSA) is 102 Å². The Morgan fingerprint density at radius 2 is 1.72 bits per heavy atom. The van der Waals surface area contributed by atoms with Crippen LogP contribution < -0.4 is 10.0 Å². The number of anilines is 1. The lowest BCUT2D eigenvalue weighted by atomic mass is 10.1. The number of hydrogen-bond donors (Lipinski definition) is 2. The van der Waals surface area contributed by atoms with Crippen molar-refractivity contribution in [3.05, 3.63) is 60.2 Å². The molecule has 10 heteroatoms. The van der Waals surface area contributed by atoms with Gasteiger partial charge in [-0.1, -0.05) is 32.0 Å². The molecule has 0 heterocycles. The number of benzene rings is 2. The molecule has 0 unspecified atom stereocenters. The van der Waals surface area contributed by atoms with Crippen LogP contribution in [0.15, 0.2) is 53.4 Å². The normalized spacial score (nSPS) is 12.4. The minimum Gasteiger partial charge on any atom is -0.454 e. The zero-order valence-corrected chi connectivity index (χ0v) is 16.5. The number of carbonyl (C=O) groups excluding carboxylic acids is 2. The summed E-state index contributed by atoms with van der Waals surface area (Å²) in [6.45, 7) is 2.40. The van der Waals surface area contributed by atoms with E-state index in [4.69, 9.17) is 4.74 Å². The second-order valence-electron chi connectivity index (χ2n) is 6.44. The van der Waals surface area contributed by atoms with Crippen molar-refractivity contribution >= 4 is 27.6 Å². The van der Waals surface area contributed by atoms with Gasteiger partial charge in [0, 0.05) is 6.07 Å². The molecule has 2 rings (SSSR count). The molecular formula is C19H20F2N2O5S. The molecule has 29 heavy (non-hydrogen) atoms. The molecule has 0 aliphatic rings. The summed E-state index contributed by atoms with van der Waals surface area (Å²) < 4.78 is 58.6. The minimum absolute atomic E-state index is 0.0298. The van der Waals surface area contributed by atoms with Gasteiger partial charge >= 0.3 is 5.97 Å². The lowest BCUT2D eigenvalue weighted by Crippen LogP contribution is -2.45. The molecule has 0 spiro atoms. The second-order valence-corrected chi connectivity index (χ2v) is 8.15. The Hall–Kier alpha value is -2.85. The van der Waals surface area contributed by atoms with Crippen molar-refractivity contribution in [2.24, 2.45) is 5.92 Å². The summed E-state index contributed by atoms with van der Waals surface area (Å²) in [5.74, 6) is -3.98. The van der Waals surface area contributed by atoms with E-state index in [0.717, 1.165) is 18.2 Å². The molecule has 0 fully saturated rings. The van der Waals surface area contributed by atoms with Crippen molar-refractivity contribution < 1.29 is 31.5 Å². The highest BCUT2D eigenvalue weighted by molar-refractivity contribution is 7.89. The van der Waals surface area contributed by atoms with E-state index in [1.165, 1.54) is 24.3 Å². The molecule has 0 saturated carbocycles. The van der Waals surface area contributed by atoms with Crippen LogP contribution in [-0.4, -0.2) is 32.9 Å². The molecule has 156 valence electrons. The first-order valence-corrected chi connectivity index (χ1v) is 10.1. The van der Waals surface area contributed by atoms with E-state index in [1.54, 1.807) is 19.9 Å². The van der Waals surface area contributed by atoms with Gasteiger partial charge in [0.2, 0.25) is 10.0 Å². The zero-order valence-electron chi connectivity index (χ0n) is 15.7. The largest absolute Gasteiger partial charge is 0.454 e. The number of carbonyl (C=O) groups is 2. The van der Waals surface area contributed by atoms with Crippen LogP contribution >= 0.6 is 0 Å². The summed E-state index contributed by atoms with van der Waals surface area (Å²) in [7, 11) is -3.99. The third kappa shape index (κ3) is 6.33. The van der Waals surface area contributed by atoms with Gasteiger partial charge in [-0.05, 0) is 30.2 Å². The van der Waals surface area contributed by atoms with Crippen molar-refractivity contribution in [1.29, 1.82) is 0 Å². The van der Waals surface area contributed by atoms with Crippen LogP contribution in [0.25, 0.3) is 0 Å². The number of nitrogens with one attached hydrogen (secondary N) is 2. The second kappa shape index (κ2) is 9.57. The standard InChI is InChI=1S/C19H20F2N2O5S/c1-12(2)18(23-29(26,27)14-6-4-3-5-7-14)19(25)28-11-17(24)22-16-10-13(20)8-9-15(16)21/h3-10,12,18,23H,11H2,1-2H3,(H,22,24)/t18-/m1/s1. The van der Waals surface area contributed by atoms with E-state index in [2.05, 4.69) is 10.0 Å². The van der Waals surface area contributed by atoms with Crippen molar-refractivity contribution in [1.82, 2.24) is 4.72 Å². The third-order valence-corrected chi connectivity index (χ3v) is 5.26. The first kappa shape index (κ1) is 22.4. The molecule has 0 radical (unpaired) electrons. The van der Waals surface area contributed by atoms with Crippen LogP contribution in [0, 0.1) is 17.6 Å². The average Bonchev–Trinajstić information content (AvgIpc) is 2.67.